The third-order valence-electron chi connectivity index (χ3n) is 3.65. The minimum atomic E-state index is -0.330. The quantitative estimate of drug-likeness (QED) is 0.434. The van der Waals surface area contributed by atoms with Gasteiger partial charge in [0.1, 0.15) is 0 Å². The Morgan fingerprint density at radius 1 is 1.33 bits per heavy atom. The summed E-state index contributed by atoms with van der Waals surface area (Å²) < 4.78 is 6.66. The fraction of sp³-hybridized carbons (Fsp3) is 0.150. The lowest BCUT2D eigenvalue weighted by atomic mass is 10.2. The summed E-state index contributed by atoms with van der Waals surface area (Å²) in [6.07, 6.45) is 5.72. The Balaban J connectivity index is 1.68. The molecule has 1 aromatic carbocycles. The topological polar surface area (TPSA) is 75.0 Å². The number of amides is 1. The van der Waals surface area contributed by atoms with Crippen molar-refractivity contribution in [3.8, 4) is 11.8 Å². The monoisotopic (exact) mass is 397 g/mol. The smallest absolute Gasteiger partial charge is 0.249 e. The van der Waals surface area contributed by atoms with E-state index in [1.54, 1.807) is 24.4 Å². The number of unbranched alkanes of at least 4 members (excludes halogenated alkanes) is 1. The van der Waals surface area contributed by atoms with Gasteiger partial charge in [0.15, 0.2) is 11.6 Å². The van der Waals surface area contributed by atoms with E-state index in [1.165, 1.54) is 17.4 Å². The molecule has 7 heteroatoms. The lowest BCUT2D eigenvalue weighted by molar-refractivity contribution is -0.111. The summed E-state index contributed by atoms with van der Waals surface area (Å²) in [4.78, 5) is 17.2. The molecule has 2 aromatic heterocycles. The fourth-order valence-electron chi connectivity index (χ4n) is 2.38. The fourth-order valence-corrected chi connectivity index (χ4v) is 3.78. The number of halogens is 1. The van der Waals surface area contributed by atoms with Crippen LogP contribution in [0, 0.1) is 11.3 Å². The maximum Gasteiger partial charge on any atom is 0.249 e. The molecule has 27 heavy (non-hydrogen) atoms. The zero-order valence-corrected chi connectivity index (χ0v) is 15.9. The number of hydrogen-bond donors (Lipinski definition) is 1. The van der Waals surface area contributed by atoms with Crippen LogP contribution in [0.1, 0.15) is 17.7 Å². The Hall–Kier alpha value is -2.88. The molecule has 0 atom stereocenters. The van der Waals surface area contributed by atoms with Gasteiger partial charge in [0.25, 0.3) is 0 Å². The molecule has 0 spiro atoms. The van der Waals surface area contributed by atoms with E-state index in [0.717, 1.165) is 15.0 Å². The largest absolute Gasteiger partial charge is 0.490 e. The summed E-state index contributed by atoms with van der Waals surface area (Å²) in [6.45, 7) is 0.384. The van der Waals surface area contributed by atoms with Crippen LogP contribution >= 0.6 is 22.9 Å². The molecule has 5 nitrogen and oxygen atoms in total. The Labute approximate surface area is 165 Å². The highest BCUT2D eigenvalue weighted by Gasteiger charge is 2.09. The van der Waals surface area contributed by atoms with Gasteiger partial charge in [-0.3, -0.25) is 4.79 Å². The van der Waals surface area contributed by atoms with Gasteiger partial charge in [0.2, 0.25) is 5.91 Å². The van der Waals surface area contributed by atoms with Gasteiger partial charge in [0.05, 0.1) is 17.7 Å². The van der Waals surface area contributed by atoms with Crippen molar-refractivity contribution in [2.75, 3.05) is 11.9 Å². The van der Waals surface area contributed by atoms with Crippen molar-refractivity contribution in [3.05, 3.63) is 58.6 Å². The molecule has 3 aromatic rings. The van der Waals surface area contributed by atoms with Crippen LogP contribution in [0.15, 0.2) is 48.7 Å². The molecule has 0 unspecified atom stereocenters. The van der Waals surface area contributed by atoms with Gasteiger partial charge in [-0.25, -0.2) is 4.98 Å². The second-order valence-electron chi connectivity index (χ2n) is 5.56. The first-order valence-electron chi connectivity index (χ1n) is 8.30. The van der Waals surface area contributed by atoms with Crippen LogP contribution in [-0.2, 0) is 4.79 Å². The molecule has 2 heterocycles. The summed E-state index contributed by atoms with van der Waals surface area (Å²) in [5.74, 6) is 0.479. The van der Waals surface area contributed by atoms with Crippen LogP contribution in [0.25, 0.3) is 16.2 Å². The third-order valence-corrected chi connectivity index (χ3v) is 5.30. The zero-order chi connectivity index (χ0) is 19.1. The molecule has 0 saturated heterocycles. The normalized spacial score (nSPS) is 10.8. The maximum absolute atomic E-state index is 12.3. The molecular weight excluding hydrogens is 382 g/mol. The van der Waals surface area contributed by atoms with E-state index >= 15 is 0 Å². The number of anilines is 1. The number of rotatable bonds is 7. The maximum atomic E-state index is 12.3. The average Bonchev–Trinajstić information content (AvgIpc) is 3.01. The number of benzene rings is 1. The Morgan fingerprint density at radius 2 is 2.19 bits per heavy atom. The van der Waals surface area contributed by atoms with Crippen molar-refractivity contribution in [1.82, 2.24) is 4.98 Å². The van der Waals surface area contributed by atoms with Crippen LogP contribution in [0.2, 0.25) is 5.02 Å². The first kappa shape index (κ1) is 18.9. The van der Waals surface area contributed by atoms with E-state index in [9.17, 15) is 4.79 Å². The van der Waals surface area contributed by atoms with Gasteiger partial charge in [-0.2, -0.15) is 5.26 Å². The Kier molecular flexibility index (Phi) is 6.42. The molecule has 1 amide bonds. The lowest BCUT2D eigenvalue weighted by Gasteiger charge is -2.09. The summed E-state index contributed by atoms with van der Waals surface area (Å²) in [6, 6.07) is 13.3. The number of carbonyl (C=O) groups excluding carboxylic acids is 1. The molecule has 0 aliphatic heterocycles. The number of nitriles is 1. The molecule has 136 valence electrons. The number of carbonyl (C=O) groups is 1. The second-order valence-corrected chi connectivity index (χ2v) is 7.02. The molecule has 0 radical (unpaired) electrons. The molecule has 1 N–H and O–H groups in total. The molecule has 0 fully saturated rings. The van der Waals surface area contributed by atoms with Crippen molar-refractivity contribution in [1.29, 1.82) is 5.26 Å². The van der Waals surface area contributed by atoms with Gasteiger partial charge in [-0.15, -0.1) is 11.3 Å². The summed E-state index contributed by atoms with van der Waals surface area (Å²) in [5, 5.41) is 12.9. The molecule has 3 rings (SSSR count). The lowest BCUT2D eigenvalue weighted by Crippen LogP contribution is -2.11. The number of nitrogens with zero attached hydrogens (tertiary/aromatic N) is 2. The van der Waals surface area contributed by atoms with Gasteiger partial charge in [-0.1, -0.05) is 29.8 Å². The molecular formula is C20H16ClN3O2S. The minimum absolute atomic E-state index is 0.330. The number of ether oxygens (including phenoxy) is 1. The SMILES string of the molecule is N#CCCCOc1cccnc1NC(=O)/C=C/c1sc2ccccc2c1Cl. The number of fused-ring (bicyclic) bond motifs is 1. The van der Waals surface area contributed by atoms with E-state index in [2.05, 4.69) is 16.4 Å². The first-order chi connectivity index (χ1) is 13.2. The van der Waals surface area contributed by atoms with Gasteiger partial charge in [-0.05, 0) is 30.7 Å². The van der Waals surface area contributed by atoms with Crippen LogP contribution in [0.4, 0.5) is 5.82 Å². The Morgan fingerprint density at radius 3 is 3.00 bits per heavy atom. The number of pyridine rings is 1. The van der Waals surface area contributed by atoms with Gasteiger partial charge < -0.3 is 10.1 Å². The average molecular weight is 398 g/mol. The van der Waals surface area contributed by atoms with E-state index in [4.69, 9.17) is 21.6 Å². The second kappa shape index (κ2) is 9.17. The third kappa shape index (κ3) is 4.85. The number of thiophene rings is 1. The van der Waals surface area contributed by atoms with E-state index in [1.807, 2.05) is 24.3 Å². The van der Waals surface area contributed by atoms with Crippen molar-refractivity contribution in [2.45, 2.75) is 12.8 Å². The minimum Gasteiger partial charge on any atom is -0.490 e. The molecule has 0 bridgehead atoms. The number of aromatic nitrogens is 1. The highest BCUT2D eigenvalue weighted by molar-refractivity contribution is 7.20. The van der Waals surface area contributed by atoms with Crippen LogP contribution in [0.5, 0.6) is 5.75 Å². The van der Waals surface area contributed by atoms with E-state index in [-0.39, 0.29) is 5.91 Å². The molecule has 0 aliphatic rings. The van der Waals surface area contributed by atoms with Crippen LogP contribution in [-0.4, -0.2) is 17.5 Å². The Bertz CT molecular complexity index is 1020. The van der Waals surface area contributed by atoms with Gasteiger partial charge in [0, 0.05) is 33.7 Å². The summed E-state index contributed by atoms with van der Waals surface area (Å²) in [7, 11) is 0. The summed E-state index contributed by atoms with van der Waals surface area (Å²) in [5.41, 5.74) is 0. The van der Waals surface area contributed by atoms with Crippen LogP contribution in [0.3, 0.4) is 0 Å². The standard InChI is InChI=1S/C20H16ClN3O2S/c21-19-14-6-1-2-8-16(14)27-17(19)9-10-18(25)24-20-15(7-5-12-23-20)26-13-4-3-11-22/h1-2,5-10,12H,3-4,13H2,(H,23,24,25)/b10-9+. The molecule has 0 aliphatic carbocycles. The number of nitrogens with one attached hydrogen (secondary N) is 1. The van der Waals surface area contributed by atoms with Crippen molar-refractivity contribution < 1.29 is 9.53 Å². The first-order valence-corrected chi connectivity index (χ1v) is 9.49. The predicted molar refractivity (Wildman–Crippen MR) is 109 cm³/mol. The van der Waals surface area contributed by atoms with E-state index < -0.39 is 0 Å². The van der Waals surface area contributed by atoms with Crippen molar-refractivity contribution in [3.63, 3.8) is 0 Å². The highest BCUT2D eigenvalue weighted by atomic mass is 35.5. The van der Waals surface area contributed by atoms with Crippen LogP contribution < -0.4 is 10.1 Å². The predicted octanol–water partition coefficient (Wildman–Crippen LogP) is 5.28. The van der Waals surface area contributed by atoms with Crippen molar-refractivity contribution >= 4 is 50.8 Å². The highest BCUT2D eigenvalue weighted by Crippen LogP contribution is 2.35. The van der Waals surface area contributed by atoms with E-state index in [0.29, 0.717) is 36.0 Å². The zero-order valence-electron chi connectivity index (χ0n) is 14.3. The number of hydrogen-bond acceptors (Lipinski definition) is 5. The summed E-state index contributed by atoms with van der Waals surface area (Å²) >= 11 is 7.91. The van der Waals surface area contributed by atoms with Gasteiger partial charge >= 0.3 is 0 Å². The molecule has 0 saturated carbocycles. The van der Waals surface area contributed by atoms with Crippen molar-refractivity contribution in [2.24, 2.45) is 0 Å².